The summed E-state index contributed by atoms with van der Waals surface area (Å²) < 4.78 is 1.89. The quantitative estimate of drug-likeness (QED) is 0.263. The van der Waals surface area contributed by atoms with E-state index < -0.39 is 0 Å². The summed E-state index contributed by atoms with van der Waals surface area (Å²) in [6.45, 7) is 2.31. The zero-order valence-corrected chi connectivity index (χ0v) is 21.0. The molecule has 1 N–H and O–H groups in total. The highest BCUT2D eigenvalue weighted by Gasteiger charge is 2.18. The largest absolute Gasteiger partial charge is 0.349 e. The lowest BCUT2D eigenvalue weighted by atomic mass is 10.1. The second kappa shape index (κ2) is 11.6. The summed E-state index contributed by atoms with van der Waals surface area (Å²) >= 11 is 14.2. The maximum absolute atomic E-state index is 12.5. The van der Waals surface area contributed by atoms with Crippen LogP contribution >= 0.6 is 35.0 Å². The Kier molecular flexibility index (Phi) is 8.27. The minimum absolute atomic E-state index is 0.0467. The highest BCUT2D eigenvalue weighted by Crippen LogP contribution is 2.30. The molecule has 0 radical (unpaired) electrons. The number of nitrogens with zero attached hydrogens (tertiary/aromatic N) is 3. The van der Waals surface area contributed by atoms with Gasteiger partial charge in [0.15, 0.2) is 11.0 Å². The van der Waals surface area contributed by atoms with Gasteiger partial charge >= 0.3 is 0 Å². The van der Waals surface area contributed by atoms with Gasteiger partial charge in [0, 0.05) is 17.2 Å². The SMILES string of the molecule is Cc1cccc(CSc2nnc(CNC(=O)CCc3ccccc3)n2-c2ccc(Cl)cc2Cl)c1. The van der Waals surface area contributed by atoms with Crippen molar-refractivity contribution in [3.8, 4) is 5.69 Å². The maximum atomic E-state index is 12.5. The lowest BCUT2D eigenvalue weighted by molar-refractivity contribution is -0.121. The molecule has 0 aliphatic rings. The van der Waals surface area contributed by atoms with Gasteiger partial charge in [0.2, 0.25) is 5.91 Å². The number of carbonyl (C=O) groups is 1. The summed E-state index contributed by atoms with van der Waals surface area (Å²) in [7, 11) is 0. The number of amides is 1. The molecular weight excluding hydrogens is 487 g/mol. The maximum Gasteiger partial charge on any atom is 0.220 e. The molecule has 174 valence electrons. The first-order valence-electron chi connectivity index (χ1n) is 10.9. The minimum Gasteiger partial charge on any atom is -0.349 e. The molecule has 4 rings (SSSR count). The van der Waals surface area contributed by atoms with Crippen LogP contribution in [0.15, 0.2) is 78.0 Å². The molecule has 0 saturated carbocycles. The van der Waals surface area contributed by atoms with Gasteiger partial charge in [-0.15, -0.1) is 10.2 Å². The van der Waals surface area contributed by atoms with E-state index in [2.05, 4.69) is 40.6 Å². The number of aryl methyl sites for hydroxylation is 2. The van der Waals surface area contributed by atoms with Gasteiger partial charge in [-0.2, -0.15) is 0 Å². The summed E-state index contributed by atoms with van der Waals surface area (Å²) in [6, 6.07) is 23.6. The van der Waals surface area contributed by atoms with E-state index in [0.717, 1.165) is 17.0 Å². The third-order valence-electron chi connectivity index (χ3n) is 5.23. The molecule has 0 atom stereocenters. The number of nitrogens with one attached hydrogen (secondary N) is 1. The van der Waals surface area contributed by atoms with Gasteiger partial charge in [0.1, 0.15) is 0 Å². The molecule has 34 heavy (non-hydrogen) atoms. The standard InChI is InChI=1S/C26H24Cl2N4OS/c1-18-6-5-9-20(14-18)17-34-26-31-30-24(32(26)23-12-11-21(27)15-22(23)28)16-29-25(33)13-10-19-7-3-2-4-8-19/h2-9,11-12,14-15H,10,13,16-17H2,1H3,(H,29,33). The normalized spacial score (nSPS) is 10.9. The number of carbonyl (C=O) groups excluding carboxylic acids is 1. The molecule has 0 bridgehead atoms. The third-order valence-corrected chi connectivity index (χ3v) is 6.77. The van der Waals surface area contributed by atoms with Crippen LogP contribution in [-0.4, -0.2) is 20.7 Å². The summed E-state index contributed by atoms with van der Waals surface area (Å²) in [5.41, 5.74) is 4.25. The highest BCUT2D eigenvalue weighted by molar-refractivity contribution is 7.98. The molecule has 0 aliphatic heterocycles. The summed E-state index contributed by atoms with van der Waals surface area (Å²) in [6.07, 6.45) is 1.08. The fourth-order valence-corrected chi connectivity index (χ4v) is 4.93. The third kappa shape index (κ3) is 6.41. The summed E-state index contributed by atoms with van der Waals surface area (Å²) in [5.74, 6) is 1.28. The van der Waals surface area contributed by atoms with Gasteiger partial charge in [-0.25, -0.2) is 0 Å². The predicted molar refractivity (Wildman–Crippen MR) is 139 cm³/mol. The van der Waals surface area contributed by atoms with E-state index >= 15 is 0 Å². The molecule has 0 unspecified atom stereocenters. The van der Waals surface area contributed by atoms with Crippen LogP contribution in [-0.2, 0) is 23.5 Å². The Bertz CT molecular complexity index is 1280. The molecule has 0 spiro atoms. The van der Waals surface area contributed by atoms with Crippen LogP contribution in [0.1, 0.15) is 28.9 Å². The van der Waals surface area contributed by atoms with Gasteiger partial charge in [0.05, 0.1) is 17.3 Å². The Morgan fingerprint density at radius 1 is 0.971 bits per heavy atom. The molecule has 0 aliphatic carbocycles. The topological polar surface area (TPSA) is 59.8 Å². The Balaban J connectivity index is 1.51. The second-order valence-corrected chi connectivity index (χ2v) is 9.66. The van der Waals surface area contributed by atoms with E-state index in [1.807, 2.05) is 47.0 Å². The molecule has 5 nitrogen and oxygen atoms in total. The molecule has 4 aromatic rings. The number of benzene rings is 3. The van der Waals surface area contributed by atoms with Crippen molar-refractivity contribution in [2.24, 2.45) is 0 Å². The van der Waals surface area contributed by atoms with Crippen molar-refractivity contribution >= 4 is 40.9 Å². The van der Waals surface area contributed by atoms with Crippen molar-refractivity contribution in [3.05, 3.63) is 105 Å². The Labute approximate surface area is 213 Å². The van der Waals surface area contributed by atoms with E-state index in [4.69, 9.17) is 23.2 Å². The lowest BCUT2D eigenvalue weighted by Crippen LogP contribution is -2.25. The fourth-order valence-electron chi connectivity index (χ4n) is 3.53. The van der Waals surface area contributed by atoms with Gasteiger partial charge in [-0.1, -0.05) is 95.1 Å². The van der Waals surface area contributed by atoms with Crippen LogP contribution in [0.3, 0.4) is 0 Å². The summed E-state index contributed by atoms with van der Waals surface area (Å²) in [5, 5.41) is 13.5. The van der Waals surface area contributed by atoms with Crippen molar-refractivity contribution in [1.29, 1.82) is 0 Å². The van der Waals surface area contributed by atoms with Gasteiger partial charge in [-0.3, -0.25) is 9.36 Å². The number of aromatic nitrogens is 3. The Hall–Kier alpha value is -2.80. The minimum atomic E-state index is -0.0467. The van der Waals surface area contributed by atoms with Crippen LogP contribution < -0.4 is 5.32 Å². The van der Waals surface area contributed by atoms with Crippen molar-refractivity contribution in [1.82, 2.24) is 20.1 Å². The summed E-state index contributed by atoms with van der Waals surface area (Å²) in [4.78, 5) is 12.5. The first kappa shape index (κ1) is 24.3. The van der Waals surface area contributed by atoms with E-state index in [1.165, 1.54) is 11.1 Å². The van der Waals surface area contributed by atoms with E-state index in [-0.39, 0.29) is 12.5 Å². The highest BCUT2D eigenvalue weighted by atomic mass is 35.5. The lowest BCUT2D eigenvalue weighted by Gasteiger charge is -2.13. The van der Waals surface area contributed by atoms with Crippen LogP contribution in [0.5, 0.6) is 0 Å². The van der Waals surface area contributed by atoms with Crippen LogP contribution in [0, 0.1) is 6.92 Å². The van der Waals surface area contributed by atoms with Crippen molar-refractivity contribution in [2.75, 3.05) is 0 Å². The first-order chi connectivity index (χ1) is 16.5. The Morgan fingerprint density at radius 3 is 2.53 bits per heavy atom. The van der Waals surface area contributed by atoms with Crippen LogP contribution in [0.2, 0.25) is 10.0 Å². The molecular formula is C26H24Cl2N4OS. The van der Waals surface area contributed by atoms with Gasteiger partial charge in [-0.05, 0) is 42.7 Å². The smallest absolute Gasteiger partial charge is 0.220 e. The van der Waals surface area contributed by atoms with Gasteiger partial charge in [0.25, 0.3) is 0 Å². The van der Waals surface area contributed by atoms with Crippen LogP contribution in [0.4, 0.5) is 0 Å². The zero-order chi connectivity index (χ0) is 23.9. The fraction of sp³-hybridized carbons (Fsp3) is 0.192. The number of hydrogen-bond acceptors (Lipinski definition) is 4. The Morgan fingerprint density at radius 2 is 1.76 bits per heavy atom. The van der Waals surface area contributed by atoms with Crippen molar-refractivity contribution in [3.63, 3.8) is 0 Å². The average molecular weight is 511 g/mol. The predicted octanol–water partition coefficient (Wildman–Crippen LogP) is 6.42. The van der Waals surface area contributed by atoms with Crippen molar-refractivity contribution < 1.29 is 4.79 Å². The van der Waals surface area contributed by atoms with E-state index in [9.17, 15) is 4.79 Å². The molecule has 0 saturated heterocycles. The number of thioether (sulfide) groups is 1. The zero-order valence-electron chi connectivity index (χ0n) is 18.7. The monoisotopic (exact) mass is 510 g/mol. The number of hydrogen-bond donors (Lipinski definition) is 1. The number of halogens is 2. The first-order valence-corrected chi connectivity index (χ1v) is 12.6. The van der Waals surface area contributed by atoms with Gasteiger partial charge < -0.3 is 5.32 Å². The van der Waals surface area contributed by atoms with Crippen LogP contribution in [0.25, 0.3) is 5.69 Å². The second-order valence-electron chi connectivity index (χ2n) is 7.87. The van der Waals surface area contributed by atoms with Crippen molar-refractivity contribution in [2.45, 2.75) is 37.2 Å². The molecule has 8 heteroatoms. The van der Waals surface area contributed by atoms with E-state index in [1.54, 1.807) is 23.9 Å². The molecule has 0 fully saturated rings. The average Bonchev–Trinajstić information content (AvgIpc) is 3.23. The number of rotatable bonds is 9. The van der Waals surface area contributed by atoms with E-state index in [0.29, 0.717) is 33.9 Å². The molecule has 1 heterocycles. The molecule has 3 aromatic carbocycles. The molecule has 1 aromatic heterocycles. The molecule has 1 amide bonds.